The molecule has 0 spiro atoms. The molecule has 0 bridgehead atoms. The van der Waals surface area contributed by atoms with Crippen LogP contribution in [0, 0.1) is 0 Å². The van der Waals surface area contributed by atoms with Crippen LogP contribution in [0.4, 0.5) is 0 Å². The van der Waals surface area contributed by atoms with Crippen LogP contribution in [0.3, 0.4) is 0 Å². The molecule has 0 aliphatic rings. The minimum atomic E-state index is -0.817. The molecule has 0 radical (unpaired) electrons. The average Bonchev–Trinajstić information content (AvgIpc) is 3.30. The number of hydrogen-bond acceptors (Lipinski definition) is 6. The van der Waals surface area contributed by atoms with Gasteiger partial charge >= 0.3 is 17.9 Å². The number of unbranched alkanes of at least 4 members (excludes halogenated alkanes) is 14. The summed E-state index contributed by atoms with van der Waals surface area (Å²) < 4.78 is 16.7. The van der Waals surface area contributed by atoms with Crippen molar-refractivity contribution in [3.8, 4) is 0 Å². The van der Waals surface area contributed by atoms with Gasteiger partial charge in [0.05, 0.1) is 0 Å². The Hall–Kier alpha value is -4.19. The number of esters is 3. The average molecular weight is 899 g/mol. The highest BCUT2D eigenvalue weighted by Gasteiger charge is 2.19. The molecule has 0 aliphatic heterocycles. The first-order valence-electron chi connectivity index (χ1n) is 26.0. The fraction of sp³-hybridized carbons (Fsp3) is 0.610. The number of carbonyl (C=O) groups excluding carboxylic acids is 3. The number of allylic oxidation sites excluding steroid dienone is 20. The molecule has 0 saturated heterocycles. The number of carbonyl (C=O) groups is 3. The minimum absolute atomic E-state index is 0.110. The lowest BCUT2D eigenvalue weighted by Gasteiger charge is -2.18. The summed E-state index contributed by atoms with van der Waals surface area (Å²) in [6.07, 6.45) is 71.9. The van der Waals surface area contributed by atoms with E-state index in [1.807, 2.05) is 0 Å². The Bertz CT molecular complexity index is 1400. The number of ether oxygens (including phenoxy) is 3. The molecular formula is C59H94O6. The topological polar surface area (TPSA) is 78.9 Å². The molecule has 0 saturated carbocycles. The Labute approximate surface area is 399 Å². The van der Waals surface area contributed by atoms with Crippen LogP contribution in [0.15, 0.2) is 122 Å². The van der Waals surface area contributed by atoms with Gasteiger partial charge in [-0.25, -0.2) is 0 Å². The molecule has 0 aromatic carbocycles. The maximum absolute atomic E-state index is 12.8. The van der Waals surface area contributed by atoms with E-state index in [1.165, 1.54) is 51.4 Å². The molecule has 1 unspecified atom stereocenters. The van der Waals surface area contributed by atoms with Gasteiger partial charge in [0.2, 0.25) is 0 Å². The molecule has 0 amide bonds. The molecule has 366 valence electrons. The highest BCUT2D eigenvalue weighted by atomic mass is 16.6. The van der Waals surface area contributed by atoms with Gasteiger partial charge in [-0.05, 0) is 103 Å². The van der Waals surface area contributed by atoms with Crippen LogP contribution in [-0.2, 0) is 28.6 Å². The normalized spacial score (nSPS) is 13.1. The molecule has 0 rings (SSSR count). The molecular weight excluding hydrogens is 805 g/mol. The highest BCUT2D eigenvalue weighted by Crippen LogP contribution is 2.13. The second kappa shape index (κ2) is 52.4. The molecule has 6 nitrogen and oxygen atoms in total. The quantitative estimate of drug-likeness (QED) is 0.0262. The summed E-state index contributed by atoms with van der Waals surface area (Å²) in [7, 11) is 0. The molecule has 0 fully saturated rings. The van der Waals surface area contributed by atoms with Crippen molar-refractivity contribution in [3.63, 3.8) is 0 Å². The minimum Gasteiger partial charge on any atom is -0.462 e. The van der Waals surface area contributed by atoms with E-state index in [9.17, 15) is 14.4 Å². The van der Waals surface area contributed by atoms with Gasteiger partial charge in [-0.1, -0.05) is 213 Å². The van der Waals surface area contributed by atoms with E-state index in [1.54, 1.807) is 0 Å². The van der Waals surface area contributed by atoms with Crippen LogP contribution in [-0.4, -0.2) is 37.2 Å². The van der Waals surface area contributed by atoms with Gasteiger partial charge < -0.3 is 14.2 Å². The first-order valence-corrected chi connectivity index (χ1v) is 26.0. The van der Waals surface area contributed by atoms with E-state index in [-0.39, 0.29) is 44.0 Å². The van der Waals surface area contributed by atoms with Crippen molar-refractivity contribution in [2.45, 2.75) is 219 Å². The van der Waals surface area contributed by atoms with E-state index < -0.39 is 6.10 Å². The van der Waals surface area contributed by atoms with Crippen molar-refractivity contribution in [1.29, 1.82) is 0 Å². The molecule has 65 heavy (non-hydrogen) atoms. The monoisotopic (exact) mass is 899 g/mol. The lowest BCUT2D eigenvalue weighted by Crippen LogP contribution is -2.30. The lowest BCUT2D eigenvalue weighted by molar-refractivity contribution is -0.167. The molecule has 0 aromatic heterocycles. The standard InChI is InChI=1S/C59H94O6/c1-4-7-10-13-16-19-22-24-25-26-27-28-29-30-31-32-33-35-37-40-43-46-49-52-58(61)64-55-56(54-63-57(60)51-48-45-42-39-36-21-18-15-12-9-6-3)65-59(62)53-50-47-44-41-38-34-23-20-17-14-11-8-5-2/h7-8,10-11,16-17,19-20,24-25,27-28,30-31,33-35,38,40,43,56H,4-6,9,12-15,18,21-23,26,29,32,36-37,39,41-42,44-55H2,1-3H3/b10-7-,11-8-,19-16-,20-17-,25-24-,28-27-,31-30-,35-33-,38-34-,43-40-. The van der Waals surface area contributed by atoms with Crippen LogP contribution in [0.1, 0.15) is 213 Å². The summed E-state index contributed by atoms with van der Waals surface area (Å²) in [6, 6.07) is 0. The van der Waals surface area contributed by atoms with E-state index in [0.29, 0.717) is 12.8 Å². The van der Waals surface area contributed by atoms with Crippen molar-refractivity contribution < 1.29 is 28.6 Å². The first kappa shape index (κ1) is 60.8. The molecule has 0 N–H and O–H groups in total. The van der Waals surface area contributed by atoms with Gasteiger partial charge in [0.25, 0.3) is 0 Å². The van der Waals surface area contributed by atoms with Crippen LogP contribution in [0.2, 0.25) is 0 Å². The van der Waals surface area contributed by atoms with Crippen LogP contribution in [0.25, 0.3) is 0 Å². The maximum Gasteiger partial charge on any atom is 0.306 e. The number of hydrogen-bond donors (Lipinski definition) is 0. The third kappa shape index (κ3) is 50.7. The van der Waals surface area contributed by atoms with E-state index in [0.717, 1.165) is 116 Å². The van der Waals surface area contributed by atoms with E-state index in [2.05, 4.69) is 142 Å². The summed E-state index contributed by atoms with van der Waals surface area (Å²) in [5, 5.41) is 0. The van der Waals surface area contributed by atoms with Crippen molar-refractivity contribution in [2.75, 3.05) is 13.2 Å². The van der Waals surface area contributed by atoms with Crippen molar-refractivity contribution >= 4 is 17.9 Å². The predicted octanol–water partition coefficient (Wildman–Crippen LogP) is 17.3. The smallest absolute Gasteiger partial charge is 0.306 e. The highest BCUT2D eigenvalue weighted by molar-refractivity contribution is 5.71. The zero-order chi connectivity index (χ0) is 47.2. The lowest BCUT2D eigenvalue weighted by atomic mass is 10.1. The molecule has 6 heteroatoms. The Morgan fingerprint density at radius 3 is 1.00 bits per heavy atom. The molecule has 0 heterocycles. The second-order valence-electron chi connectivity index (χ2n) is 16.7. The zero-order valence-electron chi connectivity index (χ0n) is 41.7. The van der Waals surface area contributed by atoms with Gasteiger partial charge in [-0.2, -0.15) is 0 Å². The summed E-state index contributed by atoms with van der Waals surface area (Å²) in [6.45, 7) is 6.31. The van der Waals surface area contributed by atoms with Gasteiger partial charge in [-0.3, -0.25) is 14.4 Å². The van der Waals surface area contributed by atoms with Gasteiger partial charge in [0.15, 0.2) is 6.10 Å². The third-order valence-electron chi connectivity index (χ3n) is 10.5. The predicted molar refractivity (Wildman–Crippen MR) is 279 cm³/mol. The van der Waals surface area contributed by atoms with E-state index in [4.69, 9.17) is 14.2 Å². The summed E-state index contributed by atoms with van der Waals surface area (Å²) in [4.78, 5) is 37.9. The molecule has 0 aliphatic carbocycles. The Morgan fingerprint density at radius 2 is 0.615 bits per heavy atom. The summed E-state index contributed by atoms with van der Waals surface area (Å²) in [5.41, 5.74) is 0. The fourth-order valence-corrected chi connectivity index (χ4v) is 6.62. The van der Waals surface area contributed by atoms with Crippen molar-refractivity contribution in [1.82, 2.24) is 0 Å². The molecule has 1 atom stereocenters. The SMILES string of the molecule is CC/C=C\C/C=C\C/C=C\C/C=C\C/C=C\C/C=C\C/C=C\CCCC(=O)OCC(COC(=O)CCCCCCCCCCCCC)OC(=O)CCCCC/C=C\C/C=C\C/C=C\CC. The van der Waals surface area contributed by atoms with Gasteiger partial charge in [-0.15, -0.1) is 0 Å². The number of rotatable bonds is 45. The van der Waals surface area contributed by atoms with E-state index >= 15 is 0 Å². The Balaban J connectivity index is 4.48. The Morgan fingerprint density at radius 1 is 0.323 bits per heavy atom. The summed E-state index contributed by atoms with van der Waals surface area (Å²) >= 11 is 0. The van der Waals surface area contributed by atoms with Crippen molar-refractivity contribution in [3.05, 3.63) is 122 Å². The van der Waals surface area contributed by atoms with Gasteiger partial charge in [0, 0.05) is 19.3 Å². The molecule has 0 aromatic rings. The zero-order valence-corrected chi connectivity index (χ0v) is 41.7. The summed E-state index contributed by atoms with van der Waals surface area (Å²) in [5.74, 6) is -1.01. The van der Waals surface area contributed by atoms with Crippen LogP contribution in [0.5, 0.6) is 0 Å². The largest absolute Gasteiger partial charge is 0.462 e. The fourth-order valence-electron chi connectivity index (χ4n) is 6.62. The van der Waals surface area contributed by atoms with Crippen molar-refractivity contribution in [2.24, 2.45) is 0 Å². The Kier molecular flexibility index (Phi) is 49.1. The van der Waals surface area contributed by atoms with Crippen LogP contribution < -0.4 is 0 Å². The maximum atomic E-state index is 12.8. The first-order chi connectivity index (χ1) is 32.0. The third-order valence-corrected chi connectivity index (χ3v) is 10.5. The van der Waals surface area contributed by atoms with Gasteiger partial charge in [0.1, 0.15) is 13.2 Å². The van der Waals surface area contributed by atoms with Crippen LogP contribution >= 0.6 is 0 Å². The second-order valence-corrected chi connectivity index (χ2v) is 16.7.